The Morgan fingerprint density at radius 2 is 0.849 bits per heavy atom. The van der Waals surface area contributed by atoms with Gasteiger partial charge in [-0.1, -0.05) is 202 Å². The van der Waals surface area contributed by atoms with Crippen LogP contribution in [0.3, 0.4) is 0 Å². The van der Waals surface area contributed by atoms with Gasteiger partial charge in [0.15, 0.2) is 0 Å². The predicted molar refractivity (Wildman–Crippen MR) is 234 cm³/mol. The van der Waals surface area contributed by atoms with Gasteiger partial charge in [-0.2, -0.15) is 0 Å². The summed E-state index contributed by atoms with van der Waals surface area (Å²) >= 11 is 0. The zero-order valence-electron chi connectivity index (χ0n) is 37.1. The van der Waals surface area contributed by atoms with Gasteiger partial charge in [-0.3, -0.25) is 4.79 Å². The molecule has 0 aromatic carbocycles. The average Bonchev–Trinajstić information content (AvgIpc) is 3.17. The summed E-state index contributed by atoms with van der Waals surface area (Å²) in [6.45, 7) is 18.1. The number of carbonyl (C=O) groups is 1. The number of hydrogen-bond donors (Lipinski definition) is 1. The zero-order valence-corrected chi connectivity index (χ0v) is 37.1. The fourth-order valence-electron chi connectivity index (χ4n) is 7.42. The molecule has 0 aliphatic carbocycles. The average molecular weight is 754 g/mol. The molecule has 0 aliphatic rings. The molecule has 0 aliphatic heterocycles. The maximum Gasteiger partial charge on any atom is 0.293 e. The van der Waals surface area contributed by atoms with E-state index in [-0.39, 0.29) is 6.61 Å². The Bertz CT molecular complexity index is 647. The molecule has 0 aromatic rings. The summed E-state index contributed by atoms with van der Waals surface area (Å²) < 4.78 is 10.9. The summed E-state index contributed by atoms with van der Waals surface area (Å²) in [7, 11) is 0. The third-order valence-electron chi connectivity index (χ3n) is 11.1. The highest BCUT2D eigenvalue weighted by Gasteiger charge is 2.10. The van der Waals surface area contributed by atoms with Gasteiger partial charge < -0.3 is 19.5 Å². The van der Waals surface area contributed by atoms with Gasteiger partial charge in [-0.25, -0.2) is 0 Å². The van der Waals surface area contributed by atoms with E-state index < -0.39 is 0 Å². The lowest BCUT2D eigenvalue weighted by molar-refractivity contribution is -0.128. The van der Waals surface area contributed by atoms with E-state index >= 15 is 0 Å². The summed E-state index contributed by atoms with van der Waals surface area (Å²) in [5.41, 5.74) is 0. The number of aliphatic hydroxyl groups excluding tert-OH is 1. The molecule has 2 atom stereocenters. The standard InChI is InChI=1S/C32H65NO4.C16H34/c1-3-5-7-9-10-16-23-32(22-15-8-6-4-2)30-36-28-19-13-11-17-24-33(26-21-27-34)25-18-12-14-20-29-37-31-35;1-4-6-8-10-11-13-15-16(3)14-12-9-7-5-2/h31-32,34H,3-30H2,1-2H3;16H,4-15H2,1-3H3. The third kappa shape index (κ3) is 47.4. The topological polar surface area (TPSA) is 59.0 Å². The molecular weight excluding hydrogens is 655 g/mol. The molecule has 1 N–H and O–H groups in total. The monoisotopic (exact) mass is 754 g/mol. The van der Waals surface area contributed by atoms with Crippen molar-refractivity contribution in [2.24, 2.45) is 11.8 Å². The molecule has 0 spiro atoms. The summed E-state index contributed by atoms with van der Waals surface area (Å²) in [6.07, 6.45) is 44.0. The number of ether oxygens (including phenoxy) is 2. The van der Waals surface area contributed by atoms with E-state index in [2.05, 4.69) is 39.5 Å². The van der Waals surface area contributed by atoms with Crippen molar-refractivity contribution in [3.8, 4) is 0 Å². The van der Waals surface area contributed by atoms with Gasteiger partial charge in [-0.05, 0) is 69.9 Å². The van der Waals surface area contributed by atoms with Crippen molar-refractivity contribution in [3.63, 3.8) is 0 Å². The van der Waals surface area contributed by atoms with E-state index in [1.807, 2.05) is 0 Å². The van der Waals surface area contributed by atoms with E-state index in [9.17, 15) is 9.90 Å². The largest absolute Gasteiger partial charge is 0.468 e. The first-order valence-corrected chi connectivity index (χ1v) is 24.0. The molecule has 0 radical (unpaired) electrons. The smallest absolute Gasteiger partial charge is 0.293 e. The summed E-state index contributed by atoms with van der Waals surface area (Å²) in [5, 5.41) is 9.22. The van der Waals surface area contributed by atoms with E-state index in [1.165, 1.54) is 193 Å². The van der Waals surface area contributed by atoms with Crippen LogP contribution in [0.4, 0.5) is 0 Å². The molecule has 5 heteroatoms. The fraction of sp³-hybridized carbons (Fsp3) is 0.979. The first kappa shape index (κ1) is 54.5. The number of rotatable bonds is 44. The van der Waals surface area contributed by atoms with Gasteiger partial charge in [0.1, 0.15) is 0 Å². The Balaban J connectivity index is 0. The van der Waals surface area contributed by atoms with Crippen molar-refractivity contribution < 1.29 is 19.4 Å². The van der Waals surface area contributed by atoms with Crippen LogP contribution in [0.5, 0.6) is 0 Å². The predicted octanol–water partition coefficient (Wildman–Crippen LogP) is 14.7. The van der Waals surface area contributed by atoms with E-state index in [0.717, 1.165) is 63.9 Å². The third-order valence-corrected chi connectivity index (χ3v) is 11.1. The van der Waals surface area contributed by atoms with Crippen molar-refractivity contribution in [2.45, 2.75) is 247 Å². The lowest BCUT2D eigenvalue weighted by Crippen LogP contribution is -2.28. The normalized spacial score (nSPS) is 12.5. The van der Waals surface area contributed by atoms with E-state index in [0.29, 0.717) is 13.1 Å². The van der Waals surface area contributed by atoms with E-state index in [1.54, 1.807) is 0 Å². The first-order valence-electron chi connectivity index (χ1n) is 24.0. The van der Waals surface area contributed by atoms with Crippen LogP contribution in [0.15, 0.2) is 0 Å². The zero-order chi connectivity index (χ0) is 39.1. The Hall–Kier alpha value is -0.650. The molecule has 0 rings (SSSR count). The highest BCUT2D eigenvalue weighted by atomic mass is 16.5. The van der Waals surface area contributed by atoms with Crippen LogP contribution in [-0.2, 0) is 14.3 Å². The van der Waals surface area contributed by atoms with Crippen LogP contribution in [0.2, 0.25) is 0 Å². The van der Waals surface area contributed by atoms with Crippen LogP contribution >= 0.6 is 0 Å². The molecule has 0 saturated heterocycles. The van der Waals surface area contributed by atoms with Crippen LogP contribution in [-0.4, -0.2) is 62.5 Å². The molecule has 0 heterocycles. The van der Waals surface area contributed by atoms with Gasteiger partial charge in [0, 0.05) is 26.4 Å². The second kappa shape index (κ2) is 49.4. The molecule has 0 amide bonds. The highest BCUT2D eigenvalue weighted by molar-refractivity contribution is 5.36. The molecule has 5 nitrogen and oxygen atoms in total. The Morgan fingerprint density at radius 3 is 1.32 bits per heavy atom. The van der Waals surface area contributed by atoms with Gasteiger partial charge in [0.2, 0.25) is 0 Å². The lowest BCUT2D eigenvalue weighted by atomic mass is 9.95. The maximum atomic E-state index is 10.2. The summed E-state index contributed by atoms with van der Waals surface area (Å²) in [4.78, 5) is 12.7. The van der Waals surface area contributed by atoms with Gasteiger partial charge in [-0.15, -0.1) is 0 Å². The fourth-order valence-corrected chi connectivity index (χ4v) is 7.42. The molecule has 0 aromatic heterocycles. The van der Waals surface area contributed by atoms with Crippen molar-refractivity contribution in [2.75, 3.05) is 46.1 Å². The Morgan fingerprint density at radius 1 is 0.472 bits per heavy atom. The van der Waals surface area contributed by atoms with Crippen LogP contribution in [0.1, 0.15) is 247 Å². The SMILES string of the molecule is CCCCCCCCC(C)CCCCCC.CCCCCCCCC(CCCCCC)COCCCCCCN(CCCO)CCCCCCOC=O. The number of unbranched alkanes of at least 4 members (excludes halogenated alkanes) is 22. The minimum Gasteiger partial charge on any atom is -0.468 e. The molecule has 2 unspecified atom stereocenters. The maximum absolute atomic E-state index is 10.2. The number of nitrogens with zero attached hydrogens (tertiary/aromatic N) is 1. The van der Waals surface area contributed by atoms with Crippen LogP contribution < -0.4 is 0 Å². The van der Waals surface area contributed by atoms with E-state index in [4.69, 9.17) is 9.47 Å². The summed E-state index contributed by atoms with van der Waals surface area (Å²) in [6, 6.07) is 0. The number of carbonyl (C=O) groups excluding carboxylic acids is 1. The minimum absolute atomic E-state index is 0.273. The molecule has 53 heavy (non-hydrogen) atoms. The Kier molecular flexibility index (Phi) is 50.7. The lowest BCUT2D eigenvalue weighted by Gasteiger charge is -2.22. The van der Waals surface area contributed by atoms with Crippen LogP contribution in [0, 0.1) is 11.8 Å². The van der Waals surface area contributed by atoms with Crippen molar-refractivity contribution in [1.29, 1.82) is 0 Å². The molecule has 0 bridgehead atoms. The quantitative estimate of drug-likeness (QED) is 0.0496. The van der Waals surface area contributed by atoms with Gasteiger partial charge >= 0.3 is 0 Å². The van der Waals surface area contributed by atoms with Crippen molar-refractivity contribution in [1.82, 2.24) is 4.90 Å². The molecule has 320 valence electrons. The second-order valence-electron chi connectivity index (χ2n) is 16.6. The van der Waals surface area contributed by atoms with Crippen LogP contribution in [0.25, 0.3) is 0 Å². The first-order chi connectivity index (χ1) is 26.1. The van der Waals surface area contributed by atoms with Crippen molar-refractivity contribution in [3.05, 3.63) is 0 Å². The van der Waals surface area contributed by atoms with Gasteiger partial charge in [0.05, 0.1) is 6.61 Å². The second-order valence-corrected chi connectivity index (χ2v) is 16.6. The highest BCUT2D eigenvalue weighted by Crippen LogP contribution is 2.20. The summed E-state index contributed by atoms with van der Waals surface area (Å²) in [5.74, 6) is 1.74. The molecule has 0 saturated carbocycles. The Labute approximate surface area is 334 Å². The van der Waals surface area contributed by atoms with Gasteiger partial charge in [0.25, 0.3) is 6.47 Å². The minimum atomic E-state index is 0.273. The number of hydrogen-bond acceptors (Lipinski definition) is 5. The van der Waals surface area contributed by atoms with Crippen molar-refractivity contribution >= 4 is 6.47 Å². The molecular formula is C48H99NO4. The molecule has 0 fully saturated rings. The number of aliphatic hydroxyl groups is 1.